The van der Waals surface area contributed by atoms with Gasteiger partial charge in [0, 0.05) is 13.1 Å². The summed E-state index contributed by atoms with van der Waals surface area (Å²) in [7, 11) is 0. The second-order valence-corrected chi connectivity index (χ2v) is 5.61. The Kier molecular flexibility index (Phi) is 3.36. The first kappa shape index (κ1) is 13.3. The van der Waals surface area contributed by atoms with Crippen LogP contribution in [0.5, 0.6) is 0 Å². The largest absolute Gasteiger partial charge is 0.427 e. The van der Waals surface area contributed by atoms with Gasteiger partial charge in [0.1, 0.15) is 17.5 Å². The quantitative estimate of drug-likeness (QED) is 0.855. The maximum atomic E-state index is 12.5. The Hall–Kier alpha value is -1.64. The third-order valence-electron chi connectivity index (χ3n) is 3.32. The highest BCUT2D eigenvalue weighted by Gasteiger charge is 2.34. The number of hydrogen-bond acceptors (Lipinski definition) is 5. The van der Waals surface area contributed by atoms with E-state index in [4.69, 9.17) is 0 Å². The Balaban J connectivity index is 1.65. The van der Waals surface area contributed by atoms with Crippen molar-refractivity contribution in [3.05, 3.63) is 23.7 Å². The minimum Gasteiger partial charge on any atom is -0.348 e. The Morgan fingerprint density at radius 1 is 1.25 bits per heavy atom. The highest BCUT2D eigenvalue weighted by atomic mass is 32.1. The molecule has 1 fully saturated rings. The second kappa shape index (κ2) is 5.04. The molecule has 2 aromatic heterocycles. The van der Waals surface area contributed by atoms with Gasteiger partial charge in [0.15, 0.2) is 5.13 Å². The van der Waals surface area contributed by atoms with Crippen LogP contribution < -0.4 is 4.90 Å². The van der Waals surface area contributed by atoms with E-state index in [-0.39, 0.29) is 6.04 Å². The minimum atomic E-state index is -4.31. The van der Waals surface area contributed by atoms with Crippen molar-refractivity contribution in [3.8, 4) is 0 Å². The molecule has 0 unspecified atom stereocenters. The van der Waals surface area contributed by atoms with Gasteiger partial charge in [-0.2, -0.15) is 18.3 Å². The molecule has 108 valence electrons. The maximum Gasteiger partial charge on any atom is 0.427 e. The molecule has 3 rings (SSSR count). The van der Waals surface area contributed by atoms with Crippen LogP contribution in [0, 0.1) is 0 Å². The second-order valence-electron chi connectivity index (χ2n) is 4.60. The highest BCUT2D eigenvalue weighted by Crippen LogP contribution is 2.37. The summed E-state index contributed by atoms with van der Waals surface area (Å²) in [6, 6.07) is 0.260. The van der Waals surface area contributed by atoms with E-state index in [1.807, 2.05) is 4.90 Å². The number of hydrogen-bond donors (Lipinski definition) is 0. The summed E-state index contributed by atoms with van der Waals surface area (Å²) >= 11 is 0.700. The van der Waals surface area contributed by atoms with Gasteiger partial charge in [-0.15, -0.1) is 0 Å². The smallest absolute Gasteiger partial charge is 0.348 e. The monoisotopic (exact) mass is 303 g/mol. The summed E-state index contributed by atoms with van der Waals surface area (Å²) in [5, 5.41) is 4.54. The van der Waals surface area contributed by atoms with E-state index in [1.165, 1.54) is 6.33 Å². The third-order valence-corrected chi connectivity index (χ3v) is 4.42. The SMILES string of the molecule is FC(F)(F)c1cnc(N2CCC(n3cncn3)CC2)s1. The summed E-state index contributed by atoms with van der Waals surface area (Å²) in [5.74, 6) is 0. The lowest BCUT2D eigenvalue weighted by atomic mass is 10.1. The number of aromatic nitrogens is 4. The number of nitrogens with zero attached hydrogens (tertiary/aromatic N) is 5. The van der Waals surface area contributed by atoms with Crippen molar-refractivity contribution in [1.82, 2.24) is 19.7 Å². The molecule has 20 heavy (non-hydrogen) atoms. The van der Waals surface area contributed by atoms with Crippen molar-refractivity contribution in [2.45, 2.75) is 25.1 Å². The third kappa shape index (κ3) is 2.62. The number of alkyl halides is 3. The van der Waals surface area contributed by atoms with Crippen LogP contribution in [0.15, 0.2) is 18.9 Å². The molecule has 0 N–H and O–H groups in total. The van der Waals surface area contributed by atoms with Crippen molar-refractivity contribution in [1.29, 1.82) is 0 Å². The molecule has 0 aromatic carbocycles. The average molecular weight is 303 g/mol. The lowest BCUT2D eigenvalue weighted by Crippen LogP contribution is -2.34. The van der Waals surface area contributed by atoms with Crippen LogP contribution in [0.3, 0.4) is 0 Å². The van der Waals surface area contributed by atoms with Gasteiger partial charge in [0.05, 0.1) is 12.2 Å². The summed E-state index contributed by atoms with van der Waals surface area (Å²) in [4.78, 5) is 9.04. The van der Waals surface area contributed by atoms with Crippen LogP contribution in [-0.4, -0.2) is 32.8 Å². The summed E-state index contributed by atoms with van der Waals surface area (Å²) in [6.45, 7) is 1.35. The Labute approximate surface area is 117 Å². The molecule has 2 aromatic rings. The van der Waals surface area contributed by atoms with Crippen molar-refractivity contribution < 1.29 is 13.2 Å². The van der Waals surface area contributed by atoms with Gasteiger partial charge in [0.25, 0.3) is 0 Å². The van der Waals surface area contributed by atoms with E-state index in [2.05, 4.69) is 15.1 Å². The van der Waals surface area contributed by atoms with Gasteiger partial charge in [-0.25, -0.2) is 14.6 Å². The molecule has 0 saturated carbocycles. The predicted octanol–water partition coefficient (Wildman–Crippen LogP) is 2.59. The number of piperidine rings is 1. The Morgan fingerprint density at radius 2 is 2.00 bits per heavy atom. The van der Waals surface area contributed by atoms with Crippen LogP contribution in [0.2, 0.25) is 0 Å². The maximum absolute atomic E-state index is 12.5. The fourth-order valence-corrected chi connectivity index (χ4v) is 3.10. The van der Waals surface area contributed by atoms with Gasteiger partial charge in [-0.05, 0) is 12.8 Å². The van der Waals surface area contributed by atoms with Gasteiger partial charge < -0.3 is 4.90 Å². The van der Waals surface area contributed by atoms with E-state index in [0.29, 0.717) is 29.6 Å². The first-order valence-electron chi connectivity index (χ1n) is 6.16. The van der Waals surface area contributed by atoms with Gasteiger partial charge in [0.2, 0.25) is 0 Å². The number of anilines is 1. The van der Waals surface area contributed by atoms with Crippen LogP contribution in [0.4, 0.5) is 18.3 Å². The van der Waals surface area contributed by atoms with Crippen molar-refractivity contribution in [3.63, 3.8) is 0 Å². The molecule has 1 saturated heterocycles. The van der Waals surface area contributed by atoms with E-state index >= 15 is 0 Å². The van der Waals surface area contributed by atoms with Crippen molar-refractivity contribution >= 4 is 16.5 Å². The molecular formula is C11H12F3N5S. The molecular weight excluding hydrogens is 291 g/mol. The molecule has 1 aliphatic rings. The number of rotatable bonds is 2. The fourth-order valence-electron chi connectivity index (χ4n) is 2.27. The van der Waals surface area contributed by atoms with Crippen LogP contribution in [-0.2, 0) is 6.18 Å². The molecule has 0 bridgehead atoms. The number of thiazole rings is 1. The zero-order chi connectivity index (χ0) is 14.2. The molecule has 1 aliphatic heterocycles. The molecule has 9 heteroatoms. The topological polar surface area (TPSA) is 46.8 Å². The summed E-state index contributed by atoms with van der Waals surface area (Å²) < 4.78 is 39.5. The van der Waals surface area contributed by atoms with Crippen LogP contribution in [0.1, 0.15) is 23.8 Å². The molecule has 0 atom stereocenters. The van der Waals surface area contributed by atoms with Gasteiger partial charge >= 0.3 is 6.18 Å². The van der Waals surface area contributed by atoms with E-state index < -0.39 is 11.1 Å². The van der Waals surface area contributed by atoms with Gasteiger partial charge in [-0.3, -0.25) is 0 Å². The van der Waals surface area contributed by atoms with Crippen LogP contribution >= 0.6 is 11.3 Å². The van der Waals surface area contributed by atoms with Gasteiger partial charge in [-0.1, -0.05) is 11.3 Å². The summed E-state index contributed by atoms with van der Waals surface area (Å²) in [5.41, 5.74) is 0. The fraction of sp³-hybridized carbons (Fsp3) is 0.545. The first-order valence-corrected chi connectivity index (χ1v) is 6.98. The Morgan fingerprint density at radius 3 is 2.55 bits per heavy atom. The predicted molar refractivity (Wildman–Crippen MR) is 67.6 cm³/mol. The lowest BCUT2D eigenvalue weighted by molar-refractivity contribution is -0.134. The lowest BCUT2D eigenvalue weighted by Gasteiger charge is -2.31. The molecule has 5 nitrogen and oxygen atoms in total. The van der Waals surface area contributed by atoms with E-state index in [9.17, 15) is 13.2 Å². The van der Waals surface area contributed by atoms with Crippen LogP contribution in [0.25, 0.3) is 0 Å². The van der Waals surface area contributed by atoms with Crippen molar-refractivity contribution in [2.75, 3.05) is 18.0 Å². The van der Waals surface area contributed by atoms with E-state index in [0.717, 1.165) is 19.0 Å². The average Bonchev–Trinajstić information content (AvgIpc) is 3.10. The van der Waals surface area contributed by atoms with Crippen molar-refractivity contribution in [2.24, 2.45) is 0 Å². The molecule has 0 amide bonds. The van der Waals surface area contributed by atoms with E-state index in [1.54, 1.807) is 11.0 Å². The zero-order valence-corrected chi connectivity index (χ0v) is 11.2. The minimum absolute atomic E-state index is 0.260. The summed E-state index contributed by atoms with van der Waals surface area (Å²) in [6.07, 6.45) is 1.40. The molecule has 0 spiro atoms. The normalized spacial score (nSPS) is 17.6. The molecule has 0 aliphatic carbocycles. The highest BCUT2D eigenvalue weighted by molar-refractivity contribution is 7.15. The molecule has 0 radical (unpaired) electrons. The first-order chi connectivity index (χ1) is 9.54. The zero-order valence-electron chi connectivity index (χ0n) is 10.4. The Bertz CT molecular complexity index is 557. The number of halogens is 3. The standard InChI is InChI=1S/C11H12F3N5S/c12-11(13,14)9-5-16-10(20-9)18-3-1-8(2-4-18)19-7-15-6-17-19/h5-8H,1-4H2. The molecule has 3 heterocycles.